The molecule has 2 heterocycles. The summed E-state index contributed by atoms with van der Waals surface area (Å²) >= 11 is 0. The van der Waals surface area contributed by atoms with Crippen LogP contribution in [0.25, 0.3) is 0 Å². The van der Waals surface area contributed by atoms with E-state index in [0.717, 1.165) is 11.1 Å². The maximum atomic E-state index is 12.7. The van der Waals surface area contributed by atoms with Crippen molar-refractivity contribution in [2.45, 2.75) is 45.1 Å². The molecule has 2 aliphatic rings. The maximum Gasteiger partial charge on any atom is 0.232 e. The molecule has 1 saturated heterocycles. The minimum Gasteiger partial charge on any atom is -0.296 e. The predicted octanol–water partition coefficient (Wildman–Crippen LogP) is 2.02. The van der Waals surface area contributed by atoms with Gasteiger partial charge < -0.3 is 0 Å². The van der Waals surface area contributed by atoms with Crippen molar-refractivity contribution in [1.82, 2.24) is 5.32 Å². The minimum atomic E-state index is -0.726. The average molecular weight is 312 g/mol. The topological polar surface area (TPSA) is 75.6 Å². The first-order valence-electron chi connectivity index (χ1n) is 7.83. The smallest absolute Gasteiger partial charge is 0.232 e. The third-order valence-electron chi connectivity index (χ3n) is 4.49. The molecule has 1 aromatic carbocycles. The normalized spacial score (nSPS) is 24.4. The lowest BCUT2D eigenvalue weighted by molar-refractivity contribution is -0.136. The van der Waals surface area contributed by atoms with Crippen LogP contribution in [-0.2, 0) is 15.0 Å². The number of amides is 2. The van der Waals surface area contributed by atoms with E-state index in [1.54, 1.807) is 6.21 Å². The summed E-state index contributed by atoms with van der Waals surface area (Å²) in [5.41, 5.74) is 2.52. The minimum absolute atomic E-state index is 0.00756. The summed E-state index contributed by atoms with van der Waals surface area (Å²) in [5.74, 6) is -1.38. The number of Topliss-reactive ketones (excluding diaryl/α,β-unsaturated/α-hetero) is 1. The van der Waals surface area contributed by atoms with Crippen LogP contribution in [0, 0.1) is 5.92 Å². The van der Waals surface area contributed by atoms with Gasteiger partial charge in [-0.15, -0.1) is 0 Å². The van der Waals surface area contributed by atoms with Gasteiger partial charge in [0.25, 0.3) is 0 Å². The van der Waals surface area contributed by atoms with Crippen molar-refractivity contribution in [1.29, 1.82) is 0 Å². The first kappa shape index (κ1) is 15.6. The van der Waals surface area contributed by atoms with E-state index >= 15 is 0 Å². The number of nitrogens with one attached hydrogen (secondary N) is 1. The summed E-state index contributed by atoms with van der Waals surface area (Å²) in [4.78, 5) is 40.3. The SMILES string of the molecule is CC(C)(C)c1ccc2c(c1)C=NC(C1CCC(=O)NC1=O)C2=O. The van der Waals surface area contributed by atoms with Crippen LogP contribution in [0.3, 0.4) is 0 Å². The molecule has 1 aromatic rings. The fourth-order valence-corrected chi connectivity index (χ4v) is 3.05. The number of carbonyl (C=O) groups is 3. The van der Waals surface area contributed by atoms with Gasteiger partial charge in [-0.3, -0.25) is 24.7 Å². The van der Waals surface area contributed by atoms with Crippen molar-refractivity contribution < 1.29 is 14.4 Å². The van der Waals surface area contributed by atoms with Gasteiger partial charge in [0.15, 0.2) is 5.78 Å². The number of hydrogen-bond donors (Lipinski definition) is 1. The first-order chi connectivity index (χ1) is 10.8. The van der Waals surface area contributed by atoms with Gasteiger partial charge in [-0.2, -0.15) is 0 Å². The van der Waals surface area contributed by atoms with E-state index in [4.69, 9.17) is 0 Å². The molecule has 2 unspecified atom stereocenters. The Morgan fingerprint density at radius 3 is 2.57 bits per heavy atom. The zero-order valence-electron chi connectivity index (χ0n) is 13.6. The Morgan fingerprint density at radius 1 is 1.17 bits per heavy atom. The van der Waals surface area contributed by atoms with Gasteiger partial charge in [0.05, 0.1) is 5.92 Å². The van der Waals surface area contributed by atoms with E-state index in [1.165, 1.54) is 0 Å². The Morgan fingerprint density at radius 2 is 1.91 bits per heavy atom. The van der Waals surface area contributed by atoms with E-state index in [1.807, 2.05) is 18.2 Å². The molecule has 0 spiro atoms. The molecule has 2 aliphatic heterocycles. The number of carbonyl (C=O) groups excluding carboxylic acids is 3. The second-order valence-electron chi connectivity index (χ2n) is 7.20. The molecule has 0 radical (unpaired) electrons. The van der Waals surface area contributed by atoms with Crippen molar-refractivity contribution in [3.05, 3.63) is 34.9 Å². The molecule has 5 heteroatoms. The number of fused-ring (bicyclic) bond motifs is 1. The summed E-state index contributed by atoms with van der Waals surface area (Å²) in [6.07, 6.45) is 2.31. The lowest BCUT2D eigenvalue weighted by Gasteiger charge is -2.28. The van der Waals surface area contributed by atoms with Crippen LogP contribution in [-0.4, -0.2) is 29.9 Å². The van der Waals surface area contributed by atoms with Gasteiger partial charge in [-0.1, -0.05) is 32.9 Å². The first-order valence-corrected chi connectivity index (χ1v) is 7.83. The molecule has 1 N–H and O–H groups in total. The van der Waals surface area contributed by atoms with Crippen molar-refractivity contribution in [3.8, 4) is 0 Å². The number of hydrogen-bond acceptors (Lipinski definition) is 4. The third-order valence-corrected chi connectivity index (χ3v) is 4.49. The molecule has 0 bridgehead atoms. The molecule has 23 heavy (non-hydrogen) atoms. The lowest BCUT2D eigenvalue weighted by atomic mass is 9.81. The Hall–Kier alpha value is -2.30. The fourth-order valence-electron chi connectivity index (χ4n) is 3.05. The van der Waals surface area contributed by atoms with Crippen LogP contribution in [0.2, 0.25) is 0 Å². The molecule has 1 fully saturated rings. The van der Waals surface area contributed by atoms with Crippen molar-refractivity contribution in [2.24, 2.45) is 10.9 Å². The van der Waals surface area contributed by atoms with Crippen LogP contribution >= 0.6 is 0 Å². The Balaban J connectivity index is 1.91. The summed E-state index contributed by atoms with van der Waals surface area (Å²) in [6.45, 7) is 6.34. The van der Waals surface area contributed by atoms with E-state index < -0.39 is 17.9 Å². The molecule has 0 aliphatic carbocycles. The molecule has 3 rings (SSSR count). The van der Waals surface area contributed by atoms with E-state index in [9.17, 15) is 14.4 Å². The van der Waals surface area contributed by atoms with Crippen LogP contribution in [0.15, 0.2) is 23.2 Å². The summed E-state index contributed by atoms with van der Waals surface area (Å²) < 4.78 is 0. The standard InChI is InChI=1S/C18H20N2O3/c1-18(2,3)11-4-5-12-10(8-11)9-19-15(16(12)22)13-6-7-14(21)20-17(13)23/h4-5,8-9,13,15H,6-7H2,1-3H3,(H,20,21,23). The van der Waals surface area contributed by atoms with Crippen LogP contribution in [0.4, 0.5) is 0 Å². The number of piperidine rings is 1. The van der Waals surface area contributed by atoms with E-state index in [-0.39, 0.29) is 23.5 Å². The highest BCUT2D eigenvalue weighted by Gasteiger charge is 2.39. The molecule has 120 valence electrons. The second kappa shape index (κ2) is 5.41. The van der Waals surface area contributed by atoms with Crippen LogP contribution in [0.5, 0.6) is 0 Å². The van der Waals surface area contributed by atoms with Gasteiger partial charge in [0, 0.05) is 23.8 Å². The monoisotopic (exact) mass is 312 g/mol. The summed E-state index contributed by atoms with van der Waals surface area (Å²) in [7, 11) is 0. The molecule has 0 saturated carbocycles. The van der Waals surface area contributed by atoms with Gasteiger partial charge in [-0.25, -0.2) is 0 Å². The number of imide groups is 1. The van der Waals surface area contributed by atoms with Gasteiger partial charge in [0.1, 0.15) is 6.04 Å². The van der Waals surface area contributed by atoms with Crippen molar-refractivity contribution in [3.63, 3.8) is 0 Å². The molecule has 2 amide bonds. The summed E-state index contributed by atoms with van der Waals surface area (Å²) in [5, 5.41) is 2.30. The van der Waals surface area contributed by atoms with Crippen LogP contribution in [0.1, 0.15) is 55.1 Å². The number of rotatable bonds is 1. The Labute approximate surface area is 135 Å². The van der Waals surface area contributed by atoms with Crippen molar-refractivity contribution >= 4 is 23.8 Å². The molecule has 0 aromatic heterocycles. The molecular weight excluding hydrogens is 292 g/mol. The molecule has 5 nitrogen and oxygen atoms in total. The number of nitrogens with zero attached hydrogens (tertiary/aromatic N) is 1. The zero-order valence-corrected chi connectivity index (χ0v) is 13.6. The average Bonchev–Trinajstić information content (AvgIpc) is 2.47. The zero-order chi connectivity index (χ0) is 16.8. The van der Waals surface area contributed by atoms with Crippen molar-refractivity contribution in [2.75, 3.05) is 0 Å². The molecular formula is C18H20N2O3. The van der Waals surface area contributed by atoms with Gasteiger partial charge >= 0.3 is 0 Å². The Bertz CT molecular complexity index is 728. The number of aliphatic imine (C=N–C) groups is 1. The quantitative estimate of drug-likeness (QED) is 0.806. The largest absolute Gasteiger partial charge is 0.296 e. The van der Waals surface area contributed by atoms with E-state index in [0.29, 0.717) is 12.0 Å². The highest BCUT2D eigenvalue weighted by molar-refractivity contribution is 6.12. The number of benzene rings is 1. The van der Waals surface area contributed by atoms with Gasteiger partial charge in [0.2, 0.25) is 11.8 Å². The summed E-state index contributed by atoms with van der Waals surface area (Å²) in [6, 6.07) is 5.04. The third kappa shape index (κ3) is 2.83. The predicted molar refractivity (Wildman–Crippen MR) is 86.7 cm³/mol. The van der Waals surface area contributed by atoms with Crippen LogP contribution < -0.4 is 5.32 Å². The van der Waals surface area contributed by atoms with Gasteiger partial charge in [-0.05, 0) is 23.5 Å². The lowest BCUT2D eigenvalue weighted by Crippen LogP contribution is -2.47. The molecule has 2 atom stereocenters. The maximum absolute atomic E-state index is 12.7. The second-order valence-corrected chi connectivity index (χ2v) is 7.20. The number of ketones is 1. The highest BCUT2D eigenvalue weighted by atomic mass is 16.2. The fraction of sp³-hybridized carbons (Fsp3) is 0.444. The highest BCUT2D eigenvalue weighted by Crippen LogP contribution is 2.29. The Kier molecular flexibility index (Phi) is 3.66. The van der Waals surface area contributed by atoms with E-state index in [2.05, 4.69) is 31.1 Å².